The quantitative estimate of drug-likeness (QED) is 0.663. The number of nitrogens with one attached hydrogen (secondary N) is 3. The molecule has 2 heterocycles. The van der Waals surface area contributed by atoms with Crippen LogP contribution in [0.2, 0.25) is 0 Å². The first-order chi connectivity index (χ1) is 9.24. The standard InChI is InChI=1S/C13H13N5O/c1-8-10(6-17-18-8)5-14-13(19)9-2-3-11-12(4-9)16-7-15-11/h2-4,6-7H,5H2,1H3,(H,14,19)(H,15,16)(H,17,18). The SMILES string of the molecule is Cc1[nH]ncc1CNC(=O)c1ccc2nc[nH]c2c1. The Morgan fingerprint density at radius 3 is 3.11 bits per heavy atom. The molecule has 0 unspecified atom stereocenters. The Morgan fingerprint density at radius 1 is 1.42 bits per heavy atom. The van der Waals surface area contributed by atoms with Crippen LogP contribution < -0.4 is 5.32 Å². The van der Waals surface area contributed by atoms with E-state index in [1.807, 2.05) is 13.0 Å². The maximum Gasteiger partial charge on any atom is 0.251 e. The number of carbonyl (C=O) groups is 1. The van der Waals surface area contributed by atoms with Crippen molar-refractivity contribution in [3.63, 3.8) is 0 Å². The zero-order chi connectivity index (χ0) is 13.2. The lowest BCUT2D eigenvalue weighted by Gasteiger charge is -2.04. The average molecular weight is 255 g/mol. The number of hydrogen-bond donors (Lipinski definition) is 3. The van der Waals surface area contributed by atoms with Gasteiger partial charge in [-0.3, -0.25) is 9.89 Å². The van der Waals surface area contributed by atoms with Crippen molar-refractivity contribution in [2.75, 3.05) is 0 Å². The van der Waals surface area contributed by atoms with Crippen LogP contribution in [-0.2, 0) is 6.54 Å². The van der Waals surface area contributed by atoms with Crippen LogP contribution in [0.1, 0.15) is 21.6 Å². The van der Waals surface area contributed by atoms with Crippen LogP contribution in [0.4, 0.5) is 0 Å². The summed E-state index contributed by atoms with van der Waals surface area (Å²) >= 11 is 0. The Hall–Kier alpha value is -2.63. The van der Waals surface area contributed by atoms with Crippen LogP contribution in [0.15, 0.2) is 30.7 Å². The summed E-state index contributed by atoms with van der Waals surface area (Å²) < 4.78 is 0. The summed E-state index contributed by atoms with van der Waals surface area (Å²) in [5, 5.41) is 9.62. The van der Waals surface area contributed by atoms with E-state index in [-0.39, 0.29) is 5.91 Å². The van der Waals surface area contributed by atoms with E-state index in [1.54, 1.807) is 24.7 Å². The molecule has 0 aliphatic rings. The molecule has 3 rings (SSSR count). The minimum absolute atomic E-state index is 0.114. The van der Waals surface area contributed by atoms with Crippen molar-refractivity contribution in [1.82, 2.24) is 25.5 Å². The van der Waals surface area contributed by atoms with Gasteiger partial charge in [0.15, 0.2) is 0 Å². The highest BCUT2D eigenvalue weighted by Gasteiger charge is 2.08. The van der Waals surface area contributed by atoms with E-state index in [0.29, 0.717) is 12.1 Å². The molecular formula is C13H13N5O. The fourth-order valence-electron chi connectivity index (χ4n) is 1.91. The number of aromatic amines is 2. The molecular weight excluding hydrogens is 242 g/mol. The van der Waals surface area contributed by atoms with Gasteiger partial charge in [-0.05, 0) is 25.1 Å². The van der Waals surface area contributed by atoms with Crippen molar-refractivity contribution in [2.45, 2.75) is 13.5 Å². The molecule has 1 amide bonds. The number of imidazole rings is 1. The summed E-state index contributed by atoms with van der Waals surface area (Å²) in [6.45, 7) is 2.38. The number of rotatable bonds is 3. The van der Waals surface area contributed by atoms with Crippen LogP contribution in [0.3, 0.4) is 0 Å². The molecule has 0 bridgehead atoms. The number of nitrogens with zero attached hydrogens (tertiary/aromatic N) is 2. The van der Waals surface area contributed by atoms with Crippen LogP contribution in [0.5, 0.6) is 0 Å². The van der Waals surface area contributed by atoms with Gasteiger partial charge in [-0.1, -0.05) is 0 Å². The number of carbonyl (C=O) groups excluding carboxylic acids is 1. The molecule has 0 fully saturated rings. The van der Waals surface area contributed by atoms with E-state index >= 15 is 0 Å². The summed E-state index contributed by atoms with van der Waals surface area (Å²) in [7, 11) is 0. The first-order valence-electron chi connectivity index (χ1n) is 5.94. The Kier molecular flexibility index (Phi) is 2.75. The summed E-state index contributed by atoms with van der Waals surface area (Å²) in [6.07, 6.45) is 3.33. The molecule has 6 nitrogen and oxygen atoms in total. The molecule has 0 saturated carbocycles. The zero-order valence-corrected chi connectivity index (χ0v) is 10.4. The van der Waals surface area contributed by atoms with E-state index < -0.39 is 0 Å². The van der Waals surface area contributed by atoms with Gasteiger partial charge in [0.05, 0.1) is 23.6 Å². The van der Waals surface area contributed by atoms with Gasteiger partial charge in [0.2, 0.25) is 0 Å². The average Bonchev–Trinajstić information content (AvgIpc) is 3.03. The minimum Gasteiger partial charge on any atom is -0.348 e. The van der Waals surface area contributed by atoms with Crippen LogP contribution in [0.25, 0.3) is 11.0 Å². The predicted octanol–water partition coefficient (Wildman–Crippen LogP) is 1.52. The number of benzene rings is 1. The third-order valence-corrected chi connectivity index (χ3v) is 3.06. The summed E-state index contributed by atoms with van der Waals surface area (Å²) in [6, 6.07) is 5.38. The molecule has 3 N–H and O–H groups in total. The smallest absolute Gasteiger partial charge is 0.251 e. The van der Waals surface area contributed by atoms with E-state index in [9.17, 15) is 4.79 Å². The van der Waals surface area contributed by atoms with Crippen molar-refractivity contribution < 1.29 is 4.79 Å². The first kappa shape index (κ1) is 11.5. The number of amides is 1. The second-order valence-electron chi connectivity index (χ2n) is 4.34. The van der Waals surface area contributed by atoms with E-state index in [2.05, 4.69) is 25.5 Å². The lowest BCUT2D eigenvalue weighted by molar-refractivity contribution is 0.0951. The van der Waals surface area contributed by atoms with E-state index in [1.165, 1.54) is 0 Å². The second-order valence-corrected chi connectivity index (χ2v) is 4.34. The molecule has 6 heteroatoms. The summed E-state index contributed by atoms with van der Waals surface area (Å²) in [5.74, 6) is -0.114. The fourth-order valence-corrected chi connectivity index (χ4v) is 1.91. The van der Waals surface area contributed by atoms with E-state index in [4.69, 9.17) is 0 Å². The molecule has 96 valence electrons. The number of H-pyrrole nitrogens is 2. The number of aryl methyl sites for hydroxylation is 1. The molecule has 0 aliphatic heterocycles. The summed E-state index contributed by atoms with van der Waals surface area (Å²) in [4.78, 5) is 19.1. The molecule has 0 radical (unpaired) electrons. The van der Waals surface area contributed by atoms with Crippen molar-refractivity contribution in [3.8, 4) is 0 Å². The van der Waals surface area contributed by atoms with Gasteiger partial charge < -0.3 is 10.3 Å². The Balaban J connectivity index is 1.74. The lowest BCUT2D eigenvalue weighted by Crippen LogP contribution is -2.22. The van der Waals surface area contributed by atoms with Gasteiger partial charge in [-0.2, -0.15) is 5.10 Å². The fraction of sp³-hybridized carbons (Fsp3) is 0.154. The van der Waals surface area contributed by atoms with Crippen LogP contribution >= 0.6 is 0 Å². The molecule has 0 saturated heterocycles. The minimum atomic E-state index is -0.114. The lowest BCUT2D eigenvalue weighted by atomic mass is 10.2. The largest absolute Gasteiger partial charge is 0.348 e. The molecule has 0 aliphatic carbocycles. The topological polar surface area (TPSA) is 86.5 Å². The summed E-state index contributed by atoms with van der Waals surface area (Å²) in [5.41, 5.74) is 4.26. The molecule has 0 atom stereocenters. The highest BCUT2D eigenvalue weighted by molar-refractivity contribution is 5.97. The van der Waals surface area contributed by atoms with Crippen molar-refractivity contribution in [1.29, 1.82) is 0 Å². The molecule has 2 aromatic heterocycles. The molecule has 3 aromatic rings. The predicted molar refractivity (Wildman–Crippen MR) is 70.6 cm³/mol. The van der Waals surface area contributed by atoms with Gasteiger partial charge in [-0.15, -0.1) is 0 Å². The van der Waals surface area contributed by atoms with Crippen molar-refractivity contribution >= 4 is 16.9 Å². The first-order valence-corrected chi connectivity index (χ1v) is 5.94. The van der Waals surface area contributed by atoms with Crippen LogP contribution in [-0.4, -0.2) is 26.1 Å². The third kappa shape index (κ3) is 2.20. The number of aromatic nitrogens is 4. The third-order valence-electron chi connectivity index (χ3n) is 3.06. The Bertz CT molecular complexity index is 727. The van der Waals surface area contributed by atoms with Crippen LogP contribution in [0, 0.1) is 6.92 Å². The van der Waals surface area contributed by atoms with Gasteiger partial charge in [0.1, 0.15) is 0 Å². The van der Waals surface area contributed by atoms with Gasteiger partial charge >= 0.3 is 0 Å². The molecule has 0 spiro atoms. The van der Waals surface area contributed by atoms with Crippen molar-refractivity contribution in [3.05, 3.63) is 47.5 Å². The number of hydrogen-bond acceptors (Lipinski definition) is 3. The van der Waals surface area contributed by atoms with E-state index in [0.717, 1.165) is 22.3 Å². The maximum absolute atomic E-state index is 12.0. The molecule has 19 heavy (non-hydrogen) atoms. The second kappa shape index (κ2) is 4.56. The molecule has 1 aromatic carbocycles. The monoisotopic (exact) mass is 255 g/mol. The highest BCUT2D eigenvalue weighted by atomic mass is 16.1. The van der Waals surface area contributed by atoms with Crippen molar-refractivity contribution in [2.24, 2.45) is 0 Å². The van der Waals surface area contributed by atoms with Gasteiger partial charge in [0.25, 0.3) is 5.91 Å². The maximum atomic E-state index is 12.0. The zero-order valence-electron chi connectivity index (χ0n) is 10.4. The van der Waals surface area contributed by atoms with Gasteiger partial charge in [0, 0.05) is 23.4 Å². The van der Waals surface area contributed by atoms with Gasteiger partial charge in [-0.25, -0.2) is 4.98 Å². The highest BCUT2D eigenvalue weighted by Crippen LogP contribution is 2.11. The number of fused-ring (bicyclic) bond motifs is 1. The Labute approximate surface area is 109 Å². The normalized spacial score (nSPS) is 10.8. The Morgan fingerprint density at radius 2 is 2.32 bits per heavy atom.